The predicted molar refractivity (Wildman–Crippen MR) is 73.9 cm³/mol. The van der Waals surface area contributed by atoms with Gasteiger partial charge in [-0.25, -0.2) is 8.42 Å². The quantitative estimate of drug-likeness (QED) is 0.676. The van der Waals surface area contributed by atoms with E-state index in [2.05, 4.69) is 5.10 Å². The molecule has 1 aromatic heterocycles. The second-order valence-corrected chi connectivity index (χ2v) is 6.68. The van der Waals surface area contributed by atoms with Gasteiger partial charge >= 0.3 is 0 Å². The number of ether oxygens (including phenoxy) is 1. The van der Waals surface area contributed by atoms with E-state index in [0.717, 1.165) is 6.42 Å². The molecule has 0 aromatic carbocycles. The van der Waals surface area contributed by atoms with Crippen LogP contribution >= 0.6 is 11.6 Å². The zero-order chi connectivity index (χ0) is 14.5. The van der Waals surface area contributed by atoms with Crippen LogP contribution in [0.1, 0.15) is 13.3 Å². The van der Waals surface area contributed by atoms with E-state index in [4.69, 9.17) is 16.3 Å². The van der Waals surface area contributed by atoms with E-state index in [1.165, 1.54) is 23.7 Å². The number of halogens is 1. The molecule has 0 aliphatic heterocycles. The summed E-state index contributed by atoms with van der Waals surface area (Å²) in [5, 5.41) is 4.03. The lowest BCUT2D eigenvalue weighted by Crippen LogP contribution is -2.37. The van der Waals surface area contributed by atoms with Crippen molar-refractivity contribution in [3.63, 3.8) is 0 Å². The molecule has 0 saturated heterocycles. The third-order valence-electron chi connectivity index (χ3n) is 2.84. The molecular formula is C11H20ClN3O3S. The van der Waals surface area contributed by atoms with E-state index in [1.54, 1.807) is 18.7 Å². The summed E-state index contributed by atoms with van der Waals surface area (Å²) in [4.78, 5) is 0.188. The summed E-state index contributed by atoms with van der Waals surface area (Å²) < 4.78 is 32.5. The number of likely N-dealkylation sites (N-methyl/N-ethyl adjacent to an activating group) is 1. The Kier molecular flexibility index (Phi) is 6.25. The van der Waals surface area contributed by atoms with E-state index in [0.29, 0.717) is 19.0 Å². The molecule has 0 fully saturated rings. The Bertz CT molecular complexity index is 489. The molecule has 19 heavy (non-hydrogen) atoms. The van der Waals surface area contributed by atoms with Crippen molar-refractivity contribution in [2.45, 2.75) is 30.8 Å². The van der Waals surface area contributed by atoms with Crippen molar-refractivity contribution in [3.05, 3.63) is 12.4 Å². The second kappa shape index (κ2) is 7.23. The average Bonchev–Trinajstić information content (AvgIpc) is 2.85. The van der Waals surface area contributed by atoms with Gasteiger partial charge < -0.3 is 4.74 Å². The predicted octanol–water partition coefficient (Wildman–Crippen LogP) is 1.17. The zero-order valence-corrected chi connectivity index (χ0v) is 13.0. The minimum atomic E-state index is -3.53. The van der Waals surface area contributed by atoms with Gasteiger partial charge in [0.1, 0.15) is 4.90 Å². The zero-order valence-electron chi connectivity index (χ0n) is 11.4. The minimum Gasteiger partial charge on any atom is -0.383 e. The number of aromatic nitrogens is 2. The maximum atomic E-state index is 12.3. The number of nitrogens with zero attached hydrogens (tertiary/aromatic N) is 3. The van der Waals surface area contributed by atoms with Gasteiger partial charge in [-0.3, -0.25) is 4.68 Å². The highest BCUT2D eigenvalue weighted by Crippen LogP contribution is 2.16. The van der Waals surface area contributed by atoms with Gasteiger partial charge in [0.05, 0.1) is 12.8 Å². The molecule has 110 valence electrons. The first-order valence-corrected chi connectivity index (χ1v) is 7.96. The molecule has 0 N–H and O–H groups in total. The summed E-state index contributed by atoms with van der Waals surface area (Å²) in [5.41, 5.74) is 0. The van der Waals surface area contributed by atoms with Gasteiger partial charge in [0.2, 0.25) is 10.0 Å². The number of rotatable bonds is 8. The molecule has 0 aliphatic rings. The fourth-order valence-electron chi connectivity index (χ4n) is 1.57. The van der Waals surface area contributed by atoms with Crippen LogP contribution in [0.15, 0.2) is 17.3 Å². The summed E-state index contributed by atoms with van der Waals surface area (Å²) >= 11 is 5.59. The first-order chi connectivity index (χ1) is 8.93. The standard InChI is InChI=1S/C11H20ClN3O3S/c1-10(9-18-3)14(2)19(16,17)11-7-13-15(8-11)6-4-5-12/h7-8,10H,4-6,9H2,1-3H3. The Balaban J connectivity index is 2.84. The summed E-state index contributed by atoms with van der Waals surface area (Å²) in [7, 11) is -0.448. The molecule has 8 heteroatoms. The van der Waals surface area contributed by atoms with E-state index in [-0.39, 0.29) is 10.9 Å². The van der Waals surface area contributed by atoms with Gasteiger partial charge in [-0.15, -0.1) is 11.6 Å². The fourth-order valence-corrected chi connectivity index (χ4v) is 2.99. The van der Waals surface area contributed by atoms with Crippen LogP contribution in [0.25, 0.3) is 0 Å². The Morgan fingerprint density at radius 1 is 1.58 bits per heavy atom. The topological polar surface area (TPSA) is 64.4 Å². The summed E-state index contributed by atoms with van der Waals surface area (Å²) in [6.07, 6.45) is 3.64. The van der Waals surface area contributed by atoms with Crippen LogP contribution in [-0.2, 0) is 21.3 Å². The molecule has 0 amide bonds. The van der Waals surface area contributed by atoms with Crippen LogP contribution in [0.2, 0.25) is 0 Å². The van der Waals surface area contributed by atoms with Gasteiger partial charge in [-0.05, 0) is 13.3 Å². The number of aryl methyl sites for hydroxylation is 1. The first kappa shape index (κ1) is 16.4. The van der Waals surface area contributed by atoms with Crippen molar-refractivity contribution in [1.29, 1.82) is 0 Å². The van der Waals surface area contributed by atoms with Crippen molar-refractivity contribution in [2.75, 3.05) is 26.6 Å². The highest BCUT2D eigenvalue weighted by Gasteiger charge is 2.26. The first-order valence-electron chi connectivity index (χ1n) is 5.99. The van der Waals surface area contributed by atoms with Crippen molar-refractivity contribution in [1.82, 2.24) is 14.1 Å². The molecule has 0 saturated carbocycles. The molecule has 1 unspecified atom stereocenters. The molecule has 0 aliphatic carbocycles. The van der Waals surface area contributed by atoms with Crippen LogP contribution in [0, 0.1) is 0 Å². The molecule has 6 nitrogen and oxygen atoms in total. The van der Waals surface area contributed by atoms with Crippen LogP contribution in [0.3, 0.4) is 0 Å². The van der Waals surface area contributed by atoms with Crippen LogP contribution in [0.4, 0.5) is 0 Å². The van der Waals surface area contributed by atoms with Crippen LogP contribution < -0.4 is 0 Å². The minimum absolute atomic E-state index is 0.188. The number of alkyl halides is 1. The molecular weight excluding hydrogens is 290 g/mol. The number of hydrogen-bond acceptors (Lipinski definition) is 4. The number of hydrogen-bond donors (Lipinski definition) is 0. The van der Waals surface area contributed by atoms with Gasteiger partial charge in [-0.2, -0.15) is 9.40 Å². The van der Waals surface area contributed by atoms with Gasteiger partial charge in [0.25, 0.3) is 0 Å². The number of methoxy groups -OCH3 is 1. The van der Waals surface area contributed by atoms with Gasteiger partial charge in [0.15, 0.2) is 0 Å². The lowest BCUT2D eigenvalue weighted by Gasteiger charge is -2.22. The van der Waals surface area contributed by atoms with E-state index in [1.807, 2.05) is 0 Å². The molecule has 0 radical (unpaired) electrons. The van der Waals surface area contributed by atoms with Crippen molar-refractivity contribution in [3.8, 4) is 0 Å². The van der Waals surface area contributed by atoms with Crippen LogP contribution in [0.5, 0.6) is 0 Å². The second-order valence-electron chi connectivity index (χ2n) is 4.31. The third kappa shape index (κ3) is 4.17. The fraction of sp³-hybridized carbons (Fsp3) is 0.727. The molecule has 1 heterocycles. The lowest BCUT2D eigenvalue weighted by molar-refractivity contribution is 0.149. The Morgan fingerprint density at radius 2 is 2.26 bits per heavy atom. The summed E-state index contributed by atoms with van der Waals surface area (Å²) in [5.74, 6) is 0.521. The van der Waals surface area contributed by atoms with E-state index < -0.39 is 10.0 Å². The monoisotopic (exact) mass is 309 g/mol. The maximum Gasteiger partial charge on any atom is 0.246 e. The molecule has 0 spiro atoms. The van der Waals surface area contributed by atoms with Crippen LogP contribution in [-0.4, -0.2) is 55.2 Å². The van der Waals surface area contributed by atoms with E-state index in [9.17, 15) is 8.42 Å². The van der Waals surface area contributed by atoms with E-state index >= 15 is 0 Å². The largest absolute Gasteiger partial charge is 0.383 e. The van der Waals surface area contributed by atoms with Gasteiger partial charge in [-0.1, -0.05) is 0 Å². The Labute approximate surface area is 119 Å². The van der Waals surface area contributed by atoms with Crippen molar-refractivity contribution in [2.24, 2.45) is 0 Å². The Hall–Kier alpha value is -0.630. The average molecular weight is 310 g/mol. The maximum absolute atomic E-state index is 12.3. The number of sulfonamides is 1. The normalized spacial score (nSPS) is 13.9. The SMILES string of the molecule is COCC(C)N(C)S(=O)(=O)c1cnn(CCCCl)c1. The van der Waals surface area contributed by atoms with Gasteiger partial charge in [0, 0.05) is 38.8 Å². The molecule has 1 atom stereocenters. The smallest absolute Gasteiger partial charge is 0.246 e. The summed E-state index contributed by atoms with van der Waals surface area (Å²) in [6.45, 7) is 2.74. The highest BCUT2D eigenvalue weighted by molar-refractivity contribution is 7.89. The summed E-state index contributed by atoms with van der Waals surface area (Å²) in [6, 6.07) is -0.235. The van der Waals surface area contributed by atoms with Crippen molar-refractivity contribution < 1.29 is 13.2 Å². The molecule has 1 rings (SSSR count). The highest BCUT2D eigenvalue weighted by atomic mass is 35.5. The lowest BCUT2D eigenvalue weighted by atomic mass is 10.4. The Morgan fingerprint density at radius 3 is 2.84 bits per heavy atom. The molecule has 0 bridgehead atoms. The van der Waals surface area contributed by atoms with Crippen molar-refractivity contribution >= 4 is 21.6 Å². The third-order valence-corrected chi connectivity index (χ3v) is 5.03. The molecule has 1 aromatic rings.